The number of aryl methyl sites for hydroxylation is 1. The second-order valence-electron chi connectivity index (χ2n) is 6.65. The Hall–Kier alpha value is -1.89. The number of hydrogen-bond acceptors (Lipinski definition) is 4. The summed E-state index contributed by atoms with van der Waals surface area (Å²) in [6, 6.07) is 2.13. The van der Waals surface area contributed by atoms with Crippen molar-refractivity contribution in [3.8, 4) is 0 Å². The molecule has 0 unspecified atom stereocenters. The Morgan fingerprint density at radius 2 is 2.22 bits per heavy atom. The summed E-state index contributed by atoms with van der Waals surface area (Å²) < 4.78 is 7.58. The van der Waals surface area contributed by atoms with E-state index < -0.39 is 0 Å². The SMILES string of the molecule is Cn1nccc1[C@@H]1OCC[C@H]1C(=O)N1CC(N2CCCC2=O)C1. The number of aromatic nitrogens is 2. The van der Waals surface area contributed by atoms with Gasteiger partial charge < -0.3 is 14.5 Å². The molecule has 3 saturated heterocycles. The first kappa shape index (κ1) is 14.7. The molecule has 0 aromatic carbocycles. The highest BCUT2D eigenvalue weighted by molar-refractivity contribution is 5.82. The molecule has 7 nitrogen and oxygen atoms in total. The lowest BCUT2D eigenvalue weighted by atomic mass is 9.94. The van der Waals surface area contributed by atoms with E-state index in [2.05, 4.69) is 5.10 Å². The zero-order valence-corrected chi connectivity index (χ0v) is 13.4. The van der Waals surface area contributed by atoms with Crippen molar-refractivity contribution in [3.63, 3.8) is 0 Å². The normalized spacial score (nSPS) is 28.5. The van der Waals surface area contributed by atoms with Crippen molar-refractivity contribution >= 4 is 11.8 Å². The standard InChI is InChI=1S/C16H22N4O3/c1-18-13(4-6-17-18)15-12(5-8-23-15)16(22)19-9-11(10-19)20-7-2-3-14(20)21/h4,6,11-12,15H,2-3,5,7-10H2,1H3/t12-,15-/m1/s1. The van der Waals surface area contributed by atoms with Crippen molar-refractivity contribution < 1.29 is 14.3 Å². The molecule has 124 valence electrons. The number of nitrogens with zero attached hydrogens (tertiary/aromatic N) is 4. The number of ether oxygens (including phenoxy) is 1. The highest BCUT2D eigenvalue weighted by atomic mass is 16.5. The minimum absolute atomic E-state index is 0.138. The molecule has 3 aliphatic heterocycles. The fourth-order valence-corrected chi connectivity index (χ4v) is 3.92. The molecular formula is C16H22N4O3. The maximum atomic E-state index is 12.8. The third kappa shape index (κ3) is 2.43. The first-order valence-corrected chi connectivity index (χ1v) is 8.33. The Morgan fingerprint density at radius 3 is 2.87 bits per heavy atom. The molecule has 23 heavy (non-hydrogen) atoms. The van der Waals surface area contributed by atoms with Gasteiger partial charge in [0.25, 0.3) is 0 Å². The predicted octanol–water partition coefficient (Wildman–Crippen LogP) is 0.331. The molecule has 0 saturated carbocycles. The predicted molar refractivity (Wildman–Crippen MR) is 81.3 cm³/mol. The van der Waals surface area contributed by atoms with E-state index in [1.54, 1.807) is 10.9 Å². The summed E-state index contributed by atoms with van der Waals surface area (Å²) in [6.07, 6.45) is 3.88. The monoisotopic (exact) mass is 318 g/mol. The molecule has 0 aliphatic carbocycles. The molecule has 7 heteroatoms. The summed E-state index contributed by atoms with van der Waals surface area (Å²) in [6.45, 7) is 2.78. The number of likely N-dealkylation sites (tertiary alicyclic amines) is 2. The van der Waals surface area contributed by atoms with E-state index in [1.807, 2.05) is 22.9 Å². The molecule has 2 atom stereocenters. The van der Waals surface area contributed by atoms with Crippen LogP contribution in [0.3, 0.4) is 0 Å². The van der Waals surface area contributed by atoms with Gasteiger partial charge in [0, 0.05) is 45.9 Å². The van der Waals surface area contributed by atoms with Gasteiger partial charge in [0.05, 0.1) is 17.7 Å². The summed E-state index contributed by atoms with van der Waals surface area (Å²) in [5.41, 5.74) is 0.952. The summed E-state index contributed by atoms with van der Waals surface area (Å²) in [5, 5.41) is 4.17. The maximum Gasteiger partial charge on any atom is 0.228 e. The number of rotatable bonds is 3. The number of hydrogen-bond donors (Lipinski definition) is 0. The van der Waals surface area contributed by atoms with Gasteiger partial charge in [-0.25, -0.2) is 0 Å². The average molecular weight is 318 g/mol. The van der Waals surface area contributed by atoms with E-state index in [0.29, 0.717) is 26.1 Å². The Labute approximate surface area is 135 Å². The zero-order chi connectivity index (χ0) is 16.0. The molecule has 0 bridgehead atoms. The summed E-state index contributed by atoms with van der Waals surface area (Å²) >= 11 is 0. The lowest BCUT2D eigenvalue weighted by Gasteiger charge is -2.45. The van der Waals surface area contributed by atoms with E-state index in [4.69, 9.17) is 4.74 Å². The van der Waals surface area contributed by atoms with Gasteiger partial charge in [0.1, 0.15) is 6.10 Å². The highest BCUT2D eigenvalue weighted by Crippen LogP contribution is 2.36. The summed E-state index contributed by atoms with van der Waals surface area (Å²) in [7, 11) is 1.87. The van der Waals surface area contributed by atoms with Crippen LogP contribution in [0, 0.1) is 5.92 Å². The van der Waals surface area contributed by atoms with Crippen LogP contribution in [0.1, 0.15) is 31.1 Å². The van der Waals surface area contributed by atoms with Crippen molar-refractivity contribution in [1.82, 2.24) is 19.6 Å². The van der Waals surface area contributed by atoms with Crippen molar-refractivity contribution in [2.24, 2.45) is 13.0 Å². The highest BCUT2D eigenvalue weighted by Gasteiger charge is 2.44. The van der Waals surface area contributed by atoms with Crippen molar-refractivity contribution in [1.29, 1.82) is 0 Å². The molecule has 4 heterocycles. The molecule has 3 fully saturated rings. The number of carbonyl (C=O) groups excluding carboxylic acids is 2. The average Bonchev–Trinajstić information content (AvgIpc) is 3.18. The van der Waals surface area contributed by atoms with E-state index in [-0.39, 0.29) is 29.9 Å². The Morgan fingerprint density at radius 1 is 1.39 bits per heavy atom. The maximum absolute atomic E-state index is 12.8. The van der Waals surface area contributed by atoms with Gasteiger partial charge in [-0.15, -0.1) is 0 Å². The van der Waals surface area contributed by atoms with E-state index >= 15 is 0 Å². The zero-order valence-electron chi connectivity index (χ0n) is 13.4. The number of amides is 2. The Kier molecular flexibility index (Phi) is 3.60. The fraction of sp³-hybridized carbons (Fsp3) is 0.688. The van der Waals surface area contributed by atoms with Crippen LogP contribution in [-0.4, -0.2) is 63.7 Å². The van der Waals surface area contributed by atoms with E-state index in [1.165, 1.54) is 0 Å². The molecule has 1 aromatic heterocycles. The largest absolute Gasteiger partial charge is 0.371 e. The summed E-state index contributed by atoms with van der Waals surface area (Å²) in [5.74, 6) is 0.247. The third-order valence-electron chi connectivity index (χ3n) is 5.28. The molecule has 3 aliphatic rings. The molecule has 0 N–H and O–H groups in total. The lowest BCUT2D eigenvalue weighted by molar-refractivity contribution is -0.149. The van der Waals surface area contributed by atoms with Crippen LogP contribution in [0.4, 0.5) is 0 Å². The Balaban J connectivity index is 1.40. The first-order chi connectivity index (χ1) is 11.1. The lowest BCUT2D eigenvalue weighted by Crippen LogP contribution is -2.62. The van der Waals surface area contributed by atoms with Gasteiger partial charge in [0.15, 0.2) is 0 Å². The minimum atomic E-state index is -0.206. The molecule has 0 radical (unpaired) electrons. The van der Waals surface area contributed by atoms with Crippen molar-refractivity contribution in [2.75, 3.05) is 26.2 Å². The van der Waals surface area contributed by atoms with E-state index in [9.17, 15) is 9.59 Å². The van der Waals surface area contributed by atoms with Crippen LogP contribution in [0.5, 0.6) is 0 Å². The van der Waals surface area contributed by atoms with Gasteiger partial charge in [-0.1, -0.05) is 0 Å². The minimum Gasteiger partial charge on any atom is -0.371 e. The van der Waals surface area contributed by atoms with Crippen LogP contribution in [0.25, 0.3) is 0 Å². The van der Waals surface area contributed by atoms with Crippen LogP contribution >= 0.6 is 0 Å². The van der Waals surface area contributed by atoms with Crippen molar-refractivity contribution in [3.05, 3.63) is 18.0 Å². The molecule has 4 rings (SSSR count). The van der Waals surface area contributed by atoms with Crippen LogP contribution in [0.15, 0.2) is 12.3 Å². The molecule has 2 amide bonds. The van der Waals surface area contributed by atoms with E-state index in [0.717, 1.165) is 25.1 Å². The second kappa shape index (κ2) is 5.63. The molecule has 1 aromatic rings. The van der Waals surface area contributed by atoms with Crippen molar-refractivity contribution in [2.45, 2.75) is 31.4 Å². The fourth-order valence-electron chi connectivity index (χ4n) is 3.92. The van der Waals surface area contributed by atoms with Crippen LogP contribution in [-0.2, 0) is 21.4 Å². The summed E-state index contributed by atoms with van der Waals surface area (Å²) in [4.78, 5) is 28.4. The Bertz CT molecular complexity index is 623. The third-order valence-corrected chi connectivity index (χ3v) is 5.28. The number of carbonyl (C=O) groups is 2. The quantitative estimate of drug-likeness (QED) is 0.805. The smallest absolute Gasteiger partial charge is 0.228 e. The topological polar surface area (TPSA) is 67.7 Å². The molecular weight excluding hydrogens is 296 g/mol. The van der Waals surface area contributed by atoms with Crippen LogP contribution < -0.4 is 0 Å². The van der Waals surface area contributed by atoms with Gasteiger partial charge in [0.2, 0.25) is 11.8 Å². The van der Waals surface area contributed by atoms with Gasteiger partial charge in [-0.2, -0.15) is 5.10 Å². The van der Waals surface area contributed by atoms with Gasteiger partial charge >= 0.3 is 0 Å². The first-order valence-electron chi connectivity index (χ1n) is 8.33. The van der Waals surface area contributed by atoms with Gasteiger partial charge in [-0.3, -0.25) is 14.3 Å². The second-order valence-corrected chi connectivity index (χ2v) is 6.65. The molecule has 0 spiro atoms. The van der Waals surface area contributed by atoms with Gasteiger partial charge in [-0.05, 0) is 18.9 Å². The van der Waals surface area contributed by atoms with Crippen LogP contribution in [0.2, 0.25) is 0 Å².